The van der Waals surface area contributed by atoms with Gasteiger partial charge in [0, 0.05) is 22.7 Å². The molecule has 0 amide bonds. The second-order valence-electron chi connectivity index (χ2n) is 5.21. The molecule has 0 unspecified atom stereocenters. The highest BCUT2D eigenvalue weighted by atomic mass is 16.6. The first-order valence-corrected chi connectivity index (χ1v) is 6.59. The van der Waals surface area contributed by atoms with E-state index in [1.807, 2.05) is 0 Å². The number of ether oxygens (including phenoxy) is 1. The molecule has 1 aromatic carbocycles. The number of nitrogens with one attached hydrogen (secondary N) is 1. The molecular formula is C14H17NO6. The topological polar surface area (TPSA) is 126 Å². The Balaban J connectivity index is 2.16. The molecule has 2 aromatic rings. The third-order valence-corrected chi connectivity index (χ3v) is 4.04. The Morgan fingerprint density at radius 3 is 2.57 bits per heavy atom. The van der Waals surface area contributed by atoms with E-state index in [1.54, 1.807) is 24.3 Å². The first kappa shape index (κ1) is 14.5. The summed E-state index contributed by atoms with van der Waals surface area (Å²) in [6.45, 7) is -0.602. The number of fused-ring (bicyclic) bond motifs is 1. The Morgan fingerprint density at radius 1 is 1.14 bits per heavy atom. The molecule has 1 aromatic heterocycles. The van der Waals surface area contributed by atoms with E-state index in [0.29, 0.717) is 10.9 Å². The standard InChI is InChI=1S/C14H17NO6/c16-6-10-11(17)14(20,12(18)13(19)21-10)8-5-15-9-4-2-1-3-7(8)9/h1-5,10-13,15-20H,6H2/t10-,11+,12+,13+,14+/m1/s1. The lowest BCUT2D eigenvalue weighted by atomic mass is 9.78. The Hall–Kier alpha value is -1.48. The van der Waals surface area contributed by atoms with Crippen LogP contribution in [-0.4, -0.2) is 61.7 Å². The molecule has 1 saturated heterocycles. The first-order chi connectivity index (χ1) is 10.00. The van der Waals surface area contributed by atoms with Crippen LogP contribution in [-0.2, 0) is 10.3 Å². The van der Waals surface area contributed by atoms with Crippen molar-refractivity contribution in [3.63, 3.8) is 0 Å². The molecule has 0 spiro atoms. The van der Waals surface area contributed by atoms with Gasteiger partial charge in [0.25, 0.3) is 0 Å². The van der Waals surface area contributed by atoms with Crippen molar-refractivity contribution in [2.24, 2.45) is 0 Å². The van der Waals surface area contributed by atoms with Crippen molar-refractivity contribution >= 4 is 10.9 Å². The highest BCUT2D eigenvalue weighted by Crippen LogP contribution is 2.40. The van der Waals surface area contributed by atoms with Crippen LogP contribution in [0.5, 0.6) is 0 Å². The number of aromatic amines is 1. The van der Waals surface area contributed by atoms with Crippen LogP contribution in [0.25, 0.3) is 10.9 Å². The third-order valence-electron chi connectivity index (χ3n) is 4.04. The molecule has 0 bridgehead atoms. The predicted molar refractivity (Wildman–Crippen MR) is 72.2 cm³/mol. The minimum Gasteiger partial charge on any atom is -0.394 e. The van der Waals surface area contributed by atoms with Gasteiger partial charge < -0.3 is 35.3 Å². The summed E-state index contributed by atoms with van der Waals surface area (Å²) >= 11 is 0. The van der Waals surface area contributed by atoms with Gasteiger partial charge in [0.1, 0.15) is 18.3 Å². The van der Waals surface area contributed by atoms with Gasteiger partial charge in [0.2, 0.25) is 0 Å². The maximum Gasteiger partial charge on any atom is 0.184 e. The van der Waals surface area contributed by atoms with Crippen molar-refractivity contribution in [1.29, 1.82) is 0 Å². The number of rotatable bonds is 2. The summed E-state index contributed by atoms with van der Waals surface area (Å²) in [4.78, 5) is 2.93. The van der Waals surface area contributed by atoms with Crippen molar-refractivity contribution in [3.05, 3.63) is 36.0 Å². The predicted octanol–water partition coefficient (Wildman–Crippen LogP) is -1.21. The molecule has 7 nitrogen and oxygen atoms in total. The van der Waals surface area contributed by atoms with Gasteiger partial charge in [-0.25, -0.2) is 0 Å². The fourth-order valence-corrected chi connectivity index (χ4v) is 2.87. The molecule has 7 heteroatoms. The van der Waals surface area contributed by atoms with Gasteiger partial charge in [-0.2, -0.15) is 0 Å². The molecule has 114 valence electrons. The minimum absolute atomic E-state index is 0.235. The smallest absolute Gasteiger partial charge is 0.184 e. The number of hydrogen-bond donors (Lipinski definition) is 6. The molecule has 1 fully saturated rings. The lowest BCUT2D eigenvalue weighted by Crippen LogP contribution is -2.65. The van der Waals surface area contributed by atoms with Crippen LogP contribution in [0, 0.1) is 0 Å². The van der Waals surface area contributed by atoms with E-state index in [-0.39, 0.29) is 5.56 Å². The summed E-state index contributed by atoms with van der Waals surface area (Å²) in [5.41, 5.74) is -1.22. The largest absolute Gasteiger partial charge is 0.394 e. The van der Waals surface area contributed by atoms with E-state index in [9.17, 15) is 25.5 Å². The zero-order chi connectivity index (χ0) is 15.2. The number of aromatic nitrogens is 1. The van der Waals surface area contributed by atoms with Gasteiger partial charge in [-0.3, -0.25) is 0 Å². The number of H-pyrrole nitrogens is 1. The SMILES string of the molecule is OC[C@H]1O[C@H](O)[C@H](O)[C@](O)(c2c[nH]c3ccccc23)[C@H]1O. The quantitative estimate of drug-likeness (QED) is 0.413. The lowest BCUT2D eigenvalue weighted by molar-refractivity contribution is -0.326. The second kappa shape index (κ2) is 5.06. The monoisotopic (exact) mass is 295 g/mol. The summed E-state index contributed by atoms with van der Waals surface area (Å²) in [5.74, 6) is 0. The summed E-state index contributed by atoms with van der Waals surface area (Å²) < 4.78 is 4.90. The summed E-state index contributed by atoms with van der Waals surface area (Å²) in [6.07, 6.45) is -4.82. The van der Waals surface area contributed by atoms with Crippen LogP contribution in [0.3, 0.4) is 0 Å². The Labute approximate surface area is 120 Å². The minimum atomic E-state index is -2.16. The molecule has 0 radical (unpaired) electrons. The van der Waals surface area contributed by atoms with Crippen molar-refractivity contribution < 1.29 is 30.3 Å². The second-order valence-corrected chi connectivity index (χ2v) is 5.21. The van der Waals surface area contributed by atoms with Gasteiger partial charge in [-0.15, -0.1) is 0 Å². The van der Waals surface area contributed by atoms with Gasteiger partial charge in [-0.05, 0) is 6.07 Å². The average Bonchev–Trinajstić information content (AvgIpc) is 2.93. The van der Waals surface area contributed by atoms with Crippen molar-refractivity contribution in [2.75, 3.05) is 6.61 Å². The molecular weight excluding hydrogens is 278 g/mol. The molecule has 6 N–H and O–H groups in total. The Kier molecular flexibility index (Phi) is 3.48. The average molecular weight is 295 g/mol. The van der Waals surface area contributed by atoms with Crippen molar-refractivity contribution in [3.8, 4) is 0 Å². The molecule has 1 aliphatic heterocycles. The Morgan fingerprint density at radius 2 is 1.86 bits per heavy atom. The number of aliphatic hydroxyl groups is 5. The van der Waals surface area contributed by atoms with Crippen LogP contribution < -0.4 is 0 Å². The van der Waals surface area contributed by atoms with E-state index in [0.717, 1.165) is 0 Å². The van der Waals surface area contributed by atoms with E-state index >= 15 is 0 Å². The number of para-hydroxylation sites is 1. The van der Waals surface area contributed by atoms with Crippen LogP contribution in [0.2, 0.25) is 0 Å². The van der Waals surface area contributed by atoms with E-state index in [2.05, 4.69) is 4.98 Å². The van der Waals surface area contributed by atoms with Gasteiger partial charge >= 0.3 is 0 Å². The fraction of sp³-hybridized carbons (Fsp3) is 0.429. The highest BCUT2D eigenvalue weighted by molar-refractivity contribution is 5.84. The molecule has 1 aliphatic rings. The summed E-state index contributed by atoms with van der Waals surface area (Å²) in [6, 6.07) is 7.05. The van der Waals surface area contributed by atoms with Crippen molar-refractivity contribution in [2.45, 2.75) is 30.2 Å². The summed E-state index contributed by atoms with van der Waals surface area (Å²) in [7, 11) is 0. The van der Waals surface area contributed by atoms with E-state index < -0.39 is 36.8 Å². The van der Waals surface area contributed by atoms with Gasteiger partial charge in [-0.1, -0.05) is 18.2 Å². The molecule has 0 saturated carbocycles. The van der Waals surface area contributed by atoms with Crippen LogP contribution >= 0.6 is 0 Å². The number of benzene rings is 1. The van der Waals surface area contributed by atoms with E-state index in [1.165, 1.54) is 6.20 Å². The van der Waals surface area contributed by atoms with Crippen LogP contribution in [0.1, 0.15) is 5.56 Å². The zero-order valence-corrected chi connectivity index (χ0v) is 11.0. The van der Waals surface area contributed by atoms with Crippen LogP contribution in [0.15, 0.2) is 30.5 Å². The highest BCUT2D eigenvalue weighted by Gasteiger charge is 2.56. The van der Waals surface area contributed by atoms with E-state index in [4.69, 9.17) is 4.74 Å². The van der Waals surface area contributed by atoms with Gasteiger partial charge in [0.05, 0.1) is 6.61 Å². The summed E-state index contributed by atoms with van der Waals surface area (Å²) in [5, 5.41) is 50.8. The number of aliphatic hydroxyl groups excluding tert-OH is 4. The first-order valence-electron chi connectivity index (χ1n) is 6.59. The zero-order valence-electron chi connectivity index (χ0n) is 11.0. The maximum atomic E-state index is 10.9. The molecule has 0 aliphatic carbocycles. The Bertz CT molecular complexity index is 643. The third kappa shape index (κ3) is 1.98. The van der Waals surface area contributed by atoms with Gasteiger partial charge in [0.15, 0.2) is 11.9 Å². The molecule has 21 heavy (non-hydrogen) atoms. The maximum absolute atomic E-state index is 10.9. The molecule has 2 heterocycles. The molecule has 3 rings (SSSR count). The lowest BCUT2D eigenvalue weighted by Gasteiger charge is -2.46. The number of hydrogen-bond acceptors (Lipinski definition) is 6. The van der Waals surface area contributed by atoms with Crippen LogP contribution in [0.4, 0.5) is 0 Å². The normalized spacial score (nSPS) is 37.0. The fourth-order valence-electron chi connectivity index (χ4n) is 2.87. The van der Waals surface area contributed by atoms with Crippen molar-refractivity contribution in [1.82, 2.24) is 4.98 Å². The molecule has 5 atom stereocenters.